The van der Waals surface area contributed by atoms with Crippen LogP contribution in [0.5, 0.6) is 0 Å². The van der Waals surface area contributed by atoms with Crippen LogP contribution in [0.25, 0.3) is 0 Å². The van der Waals surface area contributed by atoms with Crippen molar-refractivity contribution in [1.82, 2.24) is 10.2 Å². The Kier molecular flexibility index (Phi) is 5.93. The van der Waals surface area contributed by atoms with Crippen molar-refractivity contribution in [1.29, 1.82) is 0 Å². The number of β-amino-alcohol motifs (C(OH)–C–C–N with tert-alkyl or cyclic N) is 1. The van der Waals surface area contributed by atoms with Crippen LogP contribution >= 0.6 is 0 Å². The minimum Gasteiger partial charge on any atom is -0.390 e. The molecule has 2 rings (SSSR count). The molecule has 0 aromatic rings. The molecule has 1 saturated heterocycles. The first-order valence-electron chi connectivity index (χ1n) is 7.85. The Labute approximate surface area is 112 Å². The number of aliphatic hydroxyl groups excluding tert-OH is 1. The van der Waals surface area contributed by atoms with E-state index in [1.807, 2.05) is 0 Å². The van der Waals surface area contributed by atoms with Gasteiger partial charge in [-0.3, -0.25) is 0 Å². The molecule has 0 aromatic heterocycles. The van der Waals surface area contributed by atoms with Gasteiger partial charge in [0, 0.05) is 13.1 Å². The summed E-state index contributed by atoms with van der Waals surface area (Å²) in [4.78, 5) is 2.38. The zero-order valence-electron chi connectivity index (χ0n) is 11.9. The largest absolute Gasteiger partial charge is 0.390 e. The molecule has 0 aromatic carbocycles. The standard InChI is InChI=1S/C15H30N2O/c1-13-4-6-14(7-5-13)10-16-11-15(18)12-17-8-2-3-9-17/h13-16,18H,2-12H2,1H3. The maximum absolute atomic E-state index is 9.98. The Morgan fingerprint density at radius 3 is 2.50 bits per heavy atom. The number of nitrogens with one attached hydrogen (secondary N) is 1. The summed E-state index contributed by atoms with van der Waals surface area (Å²) in [6.07, 6.45) is 7.95. The van der Waals surface area contributed by atoms with Gasteiger partial charge in [0.15, 0.2) is 0 Å². The fraction of sp³-hybridized carbons (Fsp3) is 1.00. The second-order valence-electron chi connectivity index (χ2n) is 6.45. The smallest absolute Gasteiger partial charge is 0.0791 e. The number of hydrogen-bond acceptors (Lipinski definition) is 3. The molecule has 106 valence electrons. The van der Waals surface area contributed by atoms with Gasteiger partial charge in [0.25, 0.3) is 0 Å². The van der Waals surface area contributed by atoms with E-state index in [1.54, 1.807) is 0 Å². The molecule has 18 heavy (non-hydrogen) atoms. The third-order valence-corrected chi connectivity index (χ3v) is 4.62. The first-order valence-corrected chi connectivity index (χ1v) is 7.85. The Hall–Kier alpha value is -0.120. The van der Waals surface area contributed by atoms with Crippen molar-refractivity contribution in [2.24, 2.45) is 11.8 Å². The SMILES string of the molecule is CC1CCC(CNCC(O)CN2CCCC2)CC1. The fourth-order valence-corrected chi connectivity index (χ4v) is 3.32. The molecule has 2 N–H and O–H groups in total. The van der Waals surface area contributed by atoms with Gasteiger partial charge in [-0.1, -0.05) is 19.8 Å². The molecule has 0 amide bonds. The molecule has 1 atom stereocenters. The third-order valence-electron chi connectivity index (χ3n) is 4.62. The van der Waals surface area contributed by atoms with Gasteiger partial charge < -0.3 is 15.3 Å². The molecular formula is C15H30N2O. The quantitative estimate of drug-likeness (QED) is 0.759. The van der Waals surface area contributed by atoms with Crippen molar-refractivity contribution >= 4 is 0 Å². The zero-order chi connectivity index (χ0) is 12.8. The molecule has 3 nitrogen and oxygen atoms in total. The summed E-state index contributed by atoms with van der Waals surface area (Å²) >= 11 is 0. The Morgan fingerprint density at radius 1 is 1.17 bits per heavy atom. The molecule has 1 aliphatic heterocycles. The van der Waals surface area contributed by atoms with Crippen LogP contribution in [-0.4, -0.2) is 48.8 Å². The average molecular weight is 254 g/mol. The first-order chi connectivity index (χ1) is 8.74. The summed E-state index contributed by atoms with van der Waals surface area (Å²) < 4.78 is 0. The van der Waals surface area contributed by atoms with Crippen LogP contribution < -0.4 is 5.32 Å². The number of aliphatic hydroxyl groups is 1. The van der Waals surface area contributed by atoms with E-state index in [-0.39, 0.29) is 6.10 Å². The highest BCUT2D eigenvalue weighted by Crippen LogP contribution is 2.27. The summed E-state index contributed by atoms with van der Waals surface area (Å²) in [6.45, 7) is 7.44. The number of nitrogens with zero attached hydrogens (tertiary/aromatic N) is 1. The lowest BCUT2D eigenvalue weighted by atomic mass is 9.83. The van der Waals surface area contributed by atoms with Gasteiger partial charge in [-0.15, -0.1) is 0 Å². The van der Waals surface area contributed by atoms with Crippen LogP contribution in [0.2, 0.25) is 0 Å². The van der Waals surface area contributed by atoms with Gasteiger partial charge in [0.2, 0.25) is 0 Å². The normalized spacial score (nSPS) is 31.7. The predicted molar refractivity (Wildman–Crippen MR) is 75.7 cm³/mol. The first kappa shape index (κ1) is 14.3. The molecule has 0 bridgehead atoms. The second kappa shape index (κ2) is 7.46. The molecule has 1 heterocycles. The predicted octanol–water partition coefficient (Wildman–Crippen LogP) is 1.86. The lowest BCUT2D eigenvalue weighted by Gasteiger charge is -2.27. The van der Waals surface area contributed by atoms with Crippen LogP contribution in [0, 0.1) is 11.8 Å². The van der Waals surface area contributed by atoms with Gasteiger partial charge >= 0.3 is 0 Å². The highest BCUT2D eigenvalue weighted by atomic mass is 16.3. The molecule has 3 heteroatoms. The molecule has 1 saturated carbocycles. The highest BCUT2D eigenvalue weighted by Gasteiger charge is 2.19. The molecule has 1 aliphatic carbocycles. The van der Waals surface area contributed by atoms with Crippen molar-refractivity contribution in [3.63, 3.8) is 0 Å². The third kappa shape index (κ3) is 4.87. The lowest BCUT2D eigenvalue weighted by Crippen LogP contribution is -2.38. The van der Waals surface area contributed by atoms with Crippen LogP contribution in [0.4, 0.5) is 0 Å². The van der Waals surface area contributed by atoms with Crippen LogP contribution in [0.3, 0.4) is 0 Å². The maximum Gasteiger partial charge on any atom is 0.0791 e. The second-order valence-corrected chi connectivity index (χ2v) is 6.45. The monoisotopic (exact) mass is 254 g/mol. The molecule has 2 fully saturated rings. The highest BCUT2D eigenvalue weighted by molar-refractivity contribution is 4.74. The maximum atomic E-state index is 9.98. The minimum absolute atomic E-state index is 0.189. The van der Waals surface area contributed by atoms with Crippen LogP contribution in [0.15, 0.2) is 0 Å². The number of rotatable bonds is 6. The van der Waals surface area contributed by atoms with Crippen molar-refractivity contribution < 1.29 is 5.11 Å². The number of hydrogen-bond donors (Lipinski definition) is 2. The summed E-state index contributed by atoms with van der Waals surface area (Å²) in [5.41, 5.74) is 0. The van der Waals surface area contributed by atoms with Gasteiger partial charge in [-0.2, -0.15) is 0 Å². The Bertz CT molecular complexity index is 221. The minimum atomic E-state index is -0.189. The van der Waals surface area contributed by atoms with Crippen LogP contribution in [0.1, 0.15) is 45.4 Å². The topological polar surface area (TPSA) is 35.5 Å². The number of likely N-dealkylation sites (tertiary alicyclic amines) is 1. The Morgan fingerprint density at radius 2 is 1.83 bits per heavy atom. The van der Waals surface area contributed by atoms with Gasteiger partial charge in [-0.05, 0) is 57.2 Å². The zero-order valence-corrected chi connectivity index (χ0v) is 11.9. The van der Waals surface area contributed by atoms with E-state index in [1.165, 1.54) is 51.6 Å². The van der Waals surface area contributed by atoms with Crippen molar-refractivity contribution in [2.75, 3.05) is 32.7 Å². The molecule has 2 aliphatic rings. The molecular weight excluding hydrogens is 224 g/mol. The van der Waals surface area contributed by atoms with E-state index in [9.17, 15) is 5.11 Å². The Balaban J connectivity index is 1.51. The van der Waals surface area contributed by atoms with Gasteiger partial charge in [-0.25, -0.2) is 0 Å². The van der Waals surface area contributed by atoms with E-state index in [0.29, 0.717) is 0 Å². The summed E-state index contributed by atoms with van der Waals surface area (Å²) in [5.74, 6) is 1.78. The van der Waals surface area contributed by atoms with Crippen molar-refractivity contribution in [3.05, 3.63) is 0 Å². The summed E-state index contributed by atoms with van der Waals surface area (Å²) in [5, 5.41) is 13.4. The van der Waals surface area contributed by atoms with E-state index >= 15 is 0 Å². The van der Waals surface area contributed by atoms with Crippen molar-refractivity contribution in [3.8, 4) is 0 Å². The molecule has 1 unspecified atom stereocenters. The van der Waals surface area contributed by atoms with E-state index in [0.717, 1.165) is 31.5 Å². The van der Waals surface area contributed by atoms with Gasteiger partial charge in [0.05, 0.1) is 6.10 Å². The van der Waals surface area contributed by atoms with Crippen molar-refractivity contribution in [2.45, 2.75) is 51.6 Å². The van der Waals surface area contributed by atoms with Gasteiger partial charge in [0.1, 0.15) is 0 Å². The van der Waals surface area contributed by atoms with E-state index in [4.69, 9.17) is 0 Å². The molecule has 0 spiro atoms. The lowest BCUT2D eigenvalue weighted by molar-refractivity contribution is 0.121. The van der Waals surface area contributed by atoms with E-state index < -0.39 is 0 Å². The molecule has 0 radical (unpaired) electrons. The van der Waals surface area contributed by atoms with E-state index in [2.05, 4.69) is 17.1 Å². The summed E-state index contributed by atoms with van der Waals surface area (Å²) in [7, 11) is 0. The average Bonchev–Trinajstić information content (AvgIpc) is 2.84. The fourth-order valence-electron chi connectivity index (χ4n) is 3.32. The van der Waals surface area contributed by atoms with Crippen LogP contribution in [-0.2, 0) is 0 Å². The summed E-state index contributed by atoms with van der Waals surface area (Å²) in [6, 6.07) is 0.